The highest BCUT2D eigenvalue weighted by Gasteiger charge is 2.29. The van der Waals surface area contributed by atoms with Gasteiger partial charge in [0.05, 0.1) is 18.2 Å². The summed E-state index contributed by atoms with van der Waals surface area (Å²) in [5.41, 5.74) is 0.968. The van der Waals surface area contributed by atoms with Gasteiger partial charge in [-0.25, -0.2) is 0 Å². The molecule has 2 heterocycles. The summed E-state index contributed by atoms with van der Waals surface area (Å²) in [7, 11) is 0. The number of likely N-dealkylation sites (tertiary alicyclic amines) is 1. The molecule has 5 heteroatoms. The van der Waals surface area contributed by atoms with Crippen LogP contribution in [0.2, 0.25) is 0 Å². The zero-order valence-electron chi connectivity index (χ0n) is 10.9. The van der Waals surface area contributed by atoms with Crippen LogP contribution in [0.1, 0.15) is 56.5 Å². The molecule has 1 saturated heterocycles. The second-order valence-corrected chi connectivity index (χ2v) is 5.15. The van der Waals surface area contributed by atoms with Crippen LogP contribution < -0.4 is 0 Å². The minimum atomic E-state index is -0.749. The molecule has 0 radical (unpaired) electrons. The van der Waals surface area contributed by atoms with E-state index in [0.717, 1.165) is 30.8 Å². The molecule has 1 aromatic rings. The fourth-order valence-electron chi connectivity index (χ4n) is 2.39. The summed E-state index contributed by atoms with van der Waals surface area (Å²) >= 11 is 0. The zero-order chi connectivity index (χ0) is 13.1. The zero-order valence-corrected chi connectivity index (χ0v) is 10.9. The summed E-state index contributed by atoms with van der Waals surface area (Å²) < 4.78 is 5.41. The first-order valence-corrected chi connectivity index (χ1v) is 6.50. The van der Waals surface area contributed by atoms with E-state index in [1.807, 2.05) is 6.07 Å². The van der Waals surface area contributed by atoms with E-state index in [1.54, 1.807) is 0 Å². The van der Waals surface area contributed by atoms with Crippen LogP contribution in [-0.4, -0.2) is 34.2 Å². The maximum Gasteiger partial charge on any atom is 0.304 e. The van der Waals surface area contributed by atoms with Gasteiger partial charge in [0.2, 0.25) is 0 Å². The molecule has 1 N–H and O–H groups in total. The lowest BCUT2D eigenvalue weighted by Crippen LogP contribution is -2.25. The molecule has 100 valence electrons. The highest BCUT2D eigenvalue weighted by molar-refractivity contribution is 5.66. The maximum absolute atomic E-state index is 10.6. The maximum atomic E-state index is 10.6. The van der Waals surface area contributed by atoms with Crippen molar-refractivity contribution in [1.82, 2.24) is 10.1 Å². The summed E-state index contributed by atoms with van der Waals surface area (Å²) in [4.78, 5) is 12.8. The topological polar surface area (TPSA) is 66.6 Å². The van der Waals surface area contributed by atoms with E-state index < -0.39 is 5.97 Å². The minimum absolute atomic E-state index is 0.182. The van der Waals surface area contributed by atoms with Crippen molar-refractivity contribution >= 4 is 5.97 Å². The molecule has 0 aliphatic carbocycles. The third kappa shape index (κ3) is 2.90. The predicted molar refractivity (Wildman–Crippen MR) is 66.4 cm³/mol. The van der Waals surface area contributed by atoms with Gasteiger partial charge in [-0.15, -0.1) is 0 Å². The number of hydrogen-bond acceptors (Lipinski definition) is 4. The van der Waals surface area contributed by atoms with Gasteiger partial charge in [0, 0.05) is 12.6 Å². The highest BCUT2D eigenvalue weighted by Crippen LogP contribution is 2.33. The van der Waals surface area contributed by atoms with Crippen molar-refractivity contribution in [3.05, 3.63) is 17.5 Å². The summed E-state index contributed by atoms with van der Waals surface area (Å²) in [6.45, 7) is 5.68. The van der Waals surface area contributed by atoms with Crippen molar-refractivity contribution in [3.8, 4) is 0 Å². The predicted octanol–water partition coefficient (Wildman–Crippen LogP) is 2.41. The fraction of sp³-hybridized carbons (Fsp3) is 0.692. The molecule has 0 saturated carbocycles. The van der Waals surface area contributed by atoms with E-state index in [9.17, 15) is 4.79 Å². The molecule has 0 aromatic carbocycles. The summed E-state index contributed by atoms with van der Waals surface area (Å²) in [5, 5.41) is 12.8. The Kier molecular flexibility index (Phi) is 4.01. The molecule has 1 fully saturated rings. The van der Waals surface area contributed by atoms with E-state index in [2.05, 4.69) is 23.9 Å². The average molecular weight is 252 g/mol. The quantitative estimate of drug-likeness (QED) is 0.871. The Morgan fingerprint density at radius 1 is 1.67 bits per heavy atom. The number of carboxylic acid groups (broad SMARTS) is 1. The van der Waals surface area contributed by atoms with Gasteiger partial charge in [-0.05, 0) is 25.3 Å². The van der Waals surface area contributed by atoms with Crippen molar-refractivity contribution in [3.63, 3.8) is 0 Å². The Balaban J connectivity index is 2.03. The standard InChI is InChI=1S/C13H20N2O3/c1-9(2)10-8-12(18-14-10)11-4-3-6-15(11)7-5-13(16)17/h8-9,11H,3-7H2,1-2H3,(H,16,17). The third-order valence-corrected chi connectivity index (χ3v) is 3.44. The number of rotatable bonds is 5. The van der Waals surface area contributed by atoms with E-state index in [1.165, 1.54) is 0 Å². The van der Waals surface area contributed by atoms with Gasteiger partial charge in [0.1, 0.15) is 0 Å². The number of nitrogens with zero attached hydrogens (tertiary/aromatic N) is 2. The van der Waals surface area contributed by atoms with Gasteiger partial charge >= 0.3 is 5.97 Å². The Morgan fingerprint density at radius 2 is 2.44 bits per heavy atom. The number of hydrogen-bond donors (Lipinski definition) is 1. The molecule has 2 rings (SSSR count). The Morgan fingerprint density at radius 3 is 3.06 bits per heavy atom. The van der Waals surface area contributed by atoms with Crippen LogP contribution in [0.3, 0.4) is 0 Å². The first-order chi connectivity index (χ1) is 8.58. The van der Waals surface area contributed by atoms with Crippen LogP contribution in [0.4, 0.5) is 0 Å². The second kappa shape index (κ2) is 5.52. The van der Waals surface area contributed by atoms with Gasteiger partial charge in [-0.3, -0.25) is 9.69 Å². The van der Waals surface area contributed by atoms with Crippen molar-refractivity contribution in [2.24, 2.45) is 0 Å². The molecular formula is C13H20N2O3. The van der Waals surface area contributed by atoms with Crippen LogP contribution in [0.5, 0.6) is 0 Å². The summed E-state index contributed by atoms with van der Waals surface area (Å²) in [5.74, 6) is 0.485. The van der Waals surface area contributed by atoms with Crippen molar-refractivity contribution < 1.29 is 14.4 Å². The fourth-order valence-corrected chi connectivity index (χ4v) is 2.39. The number of aromatic nitrogens is 1. The number of aliphatic carboxylic acids is 1. The molecular weight excluding hydrogens is 232 g/mol. The van der Waals surface area contributed by atoms with Crippen LogP contribution in [0, 0.1) is 0 Å². The molecule has 1 unspecified atom stereocenters. The number of carbonyl (C=O) groups is 1. The SMILES string of the molecule is CC(C)c1cc(C2CCCN2CCC(=O)O)on1. The Hall–Kier alpha value is -1.36. The average Bonchev–Trinajstić information content (AvgIpc) is 2.94. The van der Waals surface area contributed by atoms with Crippen LogP contribution in [0.25, 0.3) is 0 Å². The third-order valence-electron chi connectivity index (χ3n) is 3.44. The van der Waals surface area contributed by atoms with E-state index in [4.69, 9.17) is 9.63 Å². The molecule has 1 aromatic heterocycles. The largest absolute Gasteiger partial charge is 0.481 e. The monoisotopic (exact) mass is 252 g/mol. The normalized spacial score (nSPS) is 20.7. The summed E-state index contributed by atoms with van der Waals surface area (Å²) in [6, 6.07) is 2.21. The summed E-state index contributed by atoms with van der Waals surface area (Å²) in [6.07, 6.45) is 2.29. The van der Waals surface area contributed by atoms with Gasteiger partial charge in [0.25, 0.3) is 0 Å². The minimum Gasteiger partial charge on any atom is -0.481 e. The van der Waals surface area contributed by atoms with Crippen molar-refractivity contribution in [1.29, 1.82) is 0 Å². The molecule has 1 aliphatic rings. The van der Waals surface area contributed by atoms with E-state index >= 15 is 0 Å². The van der Waals surface area contributed by atoms with Crippen LogP contribution in [0.15, 0.2) is 10.6 Å². The van der Waals surface area contributed by atoms with Gasteiger partial charge in [-0.2, -0.15) is 0 Å². The van der Waals surface area contributed by atoms with Gasteiger partial charge < -0.3 is 9.63 Å². The molecule has 5 nitrogen and oxygen atoms in total. The molecule has 0 amide bonds. The van der Waals surface area contributed by atoms with Gasteiger partial charge in [-0.1, -0.05) is 19.0 Å². The lowest BCUT2D eigenvalue weighted by molar-refractivity contribution is -0.137. The first kappa shape index (κ1) is 13.1. The van der Waals surface area contributed by atoms with Crippen LogP contribution in [-0.2, 0) is 4.79 Å². The Bertz CT molecular complexity index is 414. The molecule has 0 spiro atoms. The van der Waals surface area contributed by atoms with E-state index in [-0.39, 0.29) is 12.5 Å². The first-order valence-electron chi connectivity index (χ1n) is 6.50. The molecule has 0 bridgehead atoms. The smallest absolute Gasteiger partial charge is 0.304 e. The lowest BCUT2D eigenvalue weighted by Gasteiger charge is -2.21. The molecule has 1 aliphatic heterocycles. The number of carboxylic acids is 1. The molecule has 1 atom stereocenters. The Labute approximate surface area is 107 Å². The highest BCUT2D eigenvalue weighted by atomic mass is 16.5. The van der Waals surface area contributed by atoms with E-state index in [0.29, 0.717) is 12.5 Å². The van der Waals surface area contributed by atoms with Crippen LogP contribution >= 0.6 is 0 Å². The molecule has 18 heavy (non-hydrogen) atoms. The lowest BCUT2D eigenvalue weighted by atomic mass is 10.1. The van der Waals surface area contributed by atoms with Crippen molar-refractivity contribution in [2.45, 2.75) is 45.1 Å². The van der Waals surface area contributed by atoms with Crippen molar-refractivity contribution in [2.75, 3.05) is 13.1 Å². The van der Waals surface area contributed by atoms with Gasteiger partial charge in [0.15, 0.2) is 5.76 Å². The second-order valence-electron chi connectivity index (χ2n) is 5.15.